The first kappa shape index (κ1) is 11.9. The molecule has 0 bridgehead atoms. The number of nitrogens with zero attached hydrogens (tertiary/aromatic N) is 2. The molecule has 1 heterocycles. The van der Waals surface area contributed by atoms with E-state index >= 15 is 0 Å². The fourth-order valence-electron chi connectivity index (χ4n) is 1.55. The fraction of sp³-hybridized carbons (Fsp3) is 0.167. The maximum absolute atomic E-state index is 5.81. The summed E-state index contributed by atoms with van der Waals surface area (Å²) in [6.45, 7) is 2.03. The molecule has 4 nitrogen and oxygen atoms in total. The predicted octanol–water partition coefficient (Wildman–Crippen LogP) is 3.13. The van der Waals surface area contributed by atoms with E-state index in [1.54, 1.807) is 0 Å². The van der Waals surface area contributed by atoms with E-state index in [1.807, 2.05) is 31.2 Å². The summed E-state index contributed by atoms with van der Waals surface area (Å²) in [5, 5.41) is 3.24. The minimum absolute atomic E-state index is 0.530. The van der Waals surface area contributed by atoms with Crippen LogP contribution in [0, 0.1) is 0 Å². The summed E-state index contributed by atoms with van der Waals surface area (Å²) in [5.41, 5.74) is 7.72. The van der Waals surface area contributed by atoms with Crippen LogP contribution in [0.15, 0.2) is 35.1 Å². The molecule has 0 fully saturated rings. The van der Waals surface area contributed by atoms with Gasteiger partial charge in [0.15, 0.2) is 0 Å². The van der Waals surface area contributed by atoms with Crippen LogP contribution in [0.1, 0.15) is 12.5 Å². The van der Waals surface area contributed by atoms with Crippen molar-refractivity contribution in [3.8, 4) is 0 Å². The second-order valence-electron chi connectivity index (χ2n) is 3.57. The smallest absolute Gasteiger partial charge is 0.139 e. The Kier molecular flexibility index (Phi) is 3.58. The highest BCUT2D eigenvalue weighted by molar-refractivity contribution is 9.10. The van der Waals surface area contributed by atoms with Gasteiger partial charge in [-0.25, -0.2) is 9.97 Å². The van der Waals surface area contributed by atoms with Gasteiger partial charge in [0.1, 0.15) is 18.0 Å². The van der Waals surface area contributed by atoms with E-state index < -0.39 is 0 Å². The number of hydrogen-bond acceptors (Lipinski definition) is 4. The third-order valence-electron chi connectivity index (χ3n) is 2.44. The maximum Gasteiger partial charge on any atom is 0.139 e. The van der Waals surface area contributed by atoms with Crippen molar-refractivity contribution in [2.24, 2.45) is 0 Å². The number of nitrogens with two attached hydrogens (primary N) is 1. The number of rotatable bonds is 3. The fourth-order valence-corrected chi connectivity index (χ4v) is 1.82. The number of halogens is 1. The Labute approximate surface area is 108 Å². The molecule has 0 amide bonds. The monoisotopic (exact) mass is 292 g/mol. The van der Waals surface area contributed by atoms with Gasteiger partial charge in [-0.05, 0) is 30.7 Å². The summed E-state index contributed by atoms with van der Waals surface area (Å²) in [6.07, 6.45) is 2.27. The quantitative estimate of drug-likeness (QED) is 0.912. The summed E-state index contributed by atoms with van der Waals surface area (Å²) in [4.78, 5) is 8.20. The highest BCUT2D eigenvalue weighted by Gasteiger charge is 2.06. The van der Waals surface area contributed by atoms with E-state index in [2.05, 4.69) is 31.2 Å². The van der Waals surface area contributed by atoms with Crippen molar-refractivity contribution in [2.75, 3.05) is 11.1 Å². The first-order valence-corrected chi connectivity index (χ1v) is 6.12. The second-order valence-corrected chi connectivity index (χ2v) is 4.49. The molecule has 1 aromatic heterocycles. The molecule has 17 heavy (non-hydrogen) atoms. The van der Waals surface area contributed by atoms with Gasteiger partial charge < -0.3 is 11.1 Å². The van der Waals surface area contributed by atoms with Crippen molar-refractivity contribution in [1.29, 1.82) is 0 Å². The zero-order chi connectivity index (χ0) is 12.3. The van der Waals surface area contributed by atoms with Crippen molar-refractivity contribution >= 4 is 33.3 Å². The molecule has 0 aliphatic carbocycles. The summed E-state index contributed by atoms with van der Waals surface area (Å²) >= 11 is 3.40. The van der Waals surface area contributed by atoms with Gasteiger partial charge in [-0.3, -0.25) is 0 Å². The number of benzene rings is 1. The van der Waals surface area contributed by atoms with Gasteiger partial charge in [-0.1, -0.05) is 22.9 Å². The van der Waals surface area contributed by atoms with Crippen molar-refractivity contribution in [1.82, 2.24) is 9.97 Å². The van der Waals surface area contributed by atoms with Gasteiger partial charge in [-0.15, -0.1) is 0 Å². The van der Waals surface area contributed by atoms with Crippen LogP contribution in [0.2, 0.25) is 0 Å². The highest BCUT2D eigenvalue weighted by atomic mass is 79.9. The topological polar surface area (TPSA) is 63.8 Å². The lowest BCUT2D eigenvalue weighted by atomic mass is 10.2. The van der Waals surface area contributed by atoms with Crippen molar-refractivity contribution in [3.05, 3.63) is 40.6 Å². The molecule has 2 aromatic rings. The average molecular weight is 293 g/mol. The van der Waals surface area contributed by atoms with Crippen molar-refractivity contribution in [3.63, 3.8) is 0 Å². The van der Waals surface area contributed by atoms with Gasteiger partial charge in [0.25, 0.3) is 0 Å². The number of anilines is 3. The third kappa shape index (κ3) is 2.74. The summed E-state index contributed by atoms with van der Waals surface area (Å²) in [6, 6.07) is 7.89. The number of nitrogens with one attached hydrogen (secondary N) is 1. The number of hydrogen-bond donors (Lipinski definition) is 2. The van der Waals surface area contributed by atoms with E-state index in [9.17, 15) is 0 Å². The SMILES string of the molecule is CCc1c(N)ncnc1Nc1ccc(Br)cc1. The summed E-state index contributed by atoms with van der Waals surface area (Å²) in [5.74, 6) is 1.30. The molecule has 2 rings (SSSR count). The molecular formula is C12H13BrN4. The van der Waals surface area contributed by atoms with E-state index in [4.69, 9.17) is 5.73 Å². The molecule has 0 unspecified atom stereocenters. The van der Waals surface area contributed by atoms with Crippen LogP contribution in [-0.2, 0) is 6.42 Å². The first-order valence-electron chi connectivity index (χ1n) is 5.32. The molecule has 0 aliphatic heterocycles. The Balaban J connectivity index is 2.29. The normalized spacial score (nSPS) is 10.2. The Morgan fingerprint density at radius 1 is 1.24 bits per heavy atom. The predicted molar refractivity (Wildman–Crippen MR) is 73.2 cm³/mol. The molecule has 0 aliphatic rings. The van der Waals surface area contributed by atoms with E-state index in [0.29, 0.717) is 5.82 Å². The molecule has 0 saturated carbocycles. The molecule has 0 radical (unpaired) electrons. The Hall–Kier alpha value is -1.62. The first-order chi connectivity index (χ1) is 8.20. The van der Waals surface area contributed by atoms with Crippen LogP contribution in [0.25, 0.3) is 0 Å². The van der Waals surface area contributed by atoms with Gasteiger partial charge in [0, 0.05) is 15.7 Å². The third-order valence-corrected chi connectivity index (χ3v) is 2.97. The minimum Gasteiger partial charge on any atom is -0.383 e. The summed E-state index contributed by atoms with van der Waals surface area (Å²) < 4.78 is 1.04. The van der Waals surface area contributed by atoms with Gasteiger partial charge >= 0.3 is 0 Å². The molecule has 88 valence electrons. The second kappa shape index (κ2) is 5.14. The average Bonchev–Trinajstić information content (AvgIpc) is 2.32. The molecule has 5 heteroatoms. The molecule has 1 aromatic carbocycles. The lowest BCUT2D eigenvalue weighted by Crippen LogP contribution is -2.04. The van der Waals surface area contributed by atoms with E-state index in [0.717, 1.165) is 28.0 Å². The highest BCUT2D eigenvalue weighted by Crippen LogP contribution is 2.23. The number of nitrogen functional groups attached to an aromatic ring is 1. The van der Waals surface area contributed by atoms with Crippen LogP contribution in [-0.4, -0.2) is 9.97 Å². The molecule has 0 saturated heterocycles. The van der Waals surface area contributed by atoms with Crippen LogP contribution >= 0.6 is 15.9 Å². The van der Waals surface area contributed by atoms with Crippen molar-refractivity contribution in [2.45, 2.75) is 13.3 Å². The Morgan fingerprint density at radius 3 is 2.59 bits per heavy atom. The molecule has 3 N–H and O–H groups in total. The van der Waals surface area contributed by atoms with Crippen LogP contribution < -0.4 is 11.1 Å². The summed E-state index contributed by atoms with van der Waals surface area (Å²) in [7, 11) is 0. The van der Waals surface area contributed by atoms with Gasteiger partial charge in [0.05, 0.1) is 0 Å². The molecule has 0 spiro atoms. The van der Waals surface area contributed by atoms with Crippen LogP contribution in [0.3, 0.4) is 0 Å². The lowest BCUT2D eigenvalue weighted by Gasteiger charge is -2.10. The van der Waals surface area contributed by atoms with Gasteiger partial charge in [-0.2, -0.15) is 0 Å². The molecular weight excluding hydrogens is 280 g/mol. The van der Waals surface area contributed by atoms with E-state index in [1.165, 1.54) is 6.33 Å². The van der Waals surface area contributed by atoms with Crippen LogP contribution in [0.4, 0.5) is 17.3 Å². The lowest BCUT2D eigenvalue weighted by molar-refractivity contribution is 1.06. The van der Waals surface area contributed by atoms with Crippen molar-refractivity contribution < 1.29 is 0 Å². The van der Waals surface area contributed by atoms with E-state index in [-0.39, 0.29) is 0 Å². The standard InChI is InChI=1S/C12H13BrN4/c1-2-10-11(14)15-7-16-12(10)17-9-5-3-8(13)4-6-9/h3-7H,2H2,1H3,(H3,14,15,16,17). The van der Waals surface area contributed by atoms with Gasteiger partial charge in [0.2, 0.25) is 0 Å². The molecule has 0 atom stereocenters. The Bertz CT molecular complexity index is 510. The van der Waals surface area contributed by atoms with Crippen LogP contribution in [0.5, 0.6) is 0 Å². The number of aromatic nitrogens is 2. The zero-order valence-electron chi connectivity index (χ0n) is 9.44. The largest absolute Gasteiger partial charge is 0.383 e. The maximum atomic E-state index is 5.81. The minimum atomic E-state index is 0.530. The zero-order valence-corrected chi connectivity index (χ0v) is 11.0. The Morgan fingerprint density at radius 2 is 1.94 bits per heavy atom.